The number of tetrazole rings is 1. The number of hydrogen-bond acceptors (Lipinski definition) is 4. The molecule has 1 heterocycles. The Bertz CT molecular complexity index is 879. The summed E-state index contributed by atoms with van der Waals surface area (Å²) in [6.45, 7) is -0.259. The van der Waals surface area contributed by atoms with Crippen molar-refractivity contribution in [2.75, 3.05) is 0 Å². The summed E-state index contributed by atoms with van der Waals surface area (Å²) in [5.41, 5.74) is 0.216. The van der Waals surface area contributed by atoms with Crippen molar-refractivity contribution in [3.63, 3.8) is 0 Å². The zero-order valence-corrected chi connectivity index (χ0v) is 14.0. The van der Waals surface area contributed by atoms with Gasteiger partial charge in [-0.25, -0.2) is 4.79 Å². The molecule has 1 fully saturated rings. The molecule has 1 aromatic carbocycles. The zero-order chi connectivity index (χ0) is 17.3. The summed E-state index contributed by atoms with van der Waals surface area (Å²) in [6.07, 6.45) is 7.28. The van der Waals surface area contributed by atoms with Gasteiger partial charge >= 0.3 is 5.69 Å². The van der Waals surface area contributed by atoms with Gasteiger partial charge in [-0.05, 0) is 41.0 Å². The van der Waals surface area contributed by atoms with Crippen LogP contribution in [0.5, 0.6) is 0 Å². The maximum Gasteiger partial charge on any atom is 0.364 e. The van der Waals surface area contributed by atoms with Crippen molar-refractivity contribution in [3.8, 4) is 12.3 Å². The zero-order valence-electron chi connectivity index (χ0n) is 12.4. The van der Waals surface area contributed by atoms with Crippen molar-refractivity contribution in [1.29, 1.82) is 0 Å². The fourth-order valence-corrected chi connectivity index (χ4v) is 2.50. The molecule has 0 radical (unpaired) electrons. The molecule has 0 bridgehead atoms. The van der Waals surface area contributed by atoms with Crippen LogP contribution in [0.3, 0.4) is 0 Å². The van der Waals surface area contributed by atoms with Crippen molar-refractivity contribution in [3.05, 3.63) is 44.3 Å². The largest absolute Gasteiger partial charge is 0.364 e. The van der Waals surface area contributed by atoms with Crippen molar-refractivity contribution < 1.29 is 4.79 Å². The number of amides is 1. The first-order chi connectivity index (χ1) is 11.5. The molecule has 1 aromatic heterocycles. The fraction of sp³-hybridized carbons (Fsp3) is 0.333. The molecule has 3 rings (SSSR count). The molecule has 1 aliphatic rings. The first kappa shape index (κ1) is 16.6. The van der Waals surface area contributed by atoms with Gasteiger partial charge in [0.05, 0.1) is 16.1 Å². The van der Waals surface area contributed by atoms with Crippen LogP contribution in [0.4, 0.5) is 0 Å². The number of rotatable bonds is 5. The van der Waals surface area contributed by atoms with Crippen LogP contribution < -0.4 is 11.0 Å². The lowest BCUT2D eigenvalue weighted by Crippen LogP contribution is -2.35. The number of carbonyl (C=O) groups is 1. The molecule has 1 aliphatic carbocycles. The Morgan fingerprint density at radius 3 is 2.75 bits per heavy atom. The van der Waals surface area contributed by atoms with E-state index in [1.54, 1.807) is 18.2 Å². The molecule has 0 saturated heterocycles. The summed E-state index contributed by atoms with van der Waals surface area (Å²) in [6, 6.07) is 4.27. The Hall–Kier alpha value is -2.30. The molecule has 9 heteroatoms. The van der Waals surface area contributed by atoms with E-state index in [1.165, 1.54) is 4.68 Å². The Kier molecular flexibility index (Phi) is 4.60. The van der Waals surface area contributed by atoms with Crippen LogP contribution >= 0.6 is 23.2 Å². The quantitative estimate of drug-likeness (QED) is 0.815. The number of benzene rings is 1. The van der Waals surface area contributed by atoms with Crippen molar-refractivity contribution >= 4 is 29.1 Å². The smallest absolute Gasteiger partial charge is 0.337 e. The number of terminal acetylenes is 1. The number of hydrogen-bond donors (Lipinski definition) is 1. The third-order valence-electron chi connectivity index (χ3n) is 3.60. The average molecular weight is 366 g/mol. The van der Waals surface area contributed by atoms with Gasteiger partial charge in [0.15, 0.2) is 0 Å². The molecule has 7 nitrogen and oxygen atoms in total. The van der Waals surface area contributed by atoms with Gasteiger partial charge in [-0.1, -0.05) is 35.2 Å². The van der Waals surface area contributed by atoms with Crippen LogP contribution in [0.1, 0.15) is 30.5 Å². The summed E-state index contributed by atoms with van der Waals surface area (Å²) in [5.74, 6) is 2.02. The first-order valence-electron chi connectivity index (χ1n) is 7.22. The molecule has 0 aliphatic heterocycles. The topological polar surface area (TPSA) is 81.8 Å². The van der Waals surface area contributed by atoms with E-state index >= 15 is 0 Å². The molecular weight excluding hydrogens is 353 g/mol. The molecular formula is C15H13Cl2N5O2. The van der Waals surface area contributed by atoms with E-state index in [2.05, 4.69) is 21.7 Å². The molecule has 2 aromatic rings. The van der Waals surface area contributed by atoms with Gasteiger partial charge in [0.2, 0.25) is 5.91 Å². The normalized spacial score (nSPS) is 14.9. The second-order valence-corrected chi connectivity index (χ2v) is 6.25. The Labute approximate surface area is 147 Å². The number of halogens is 2. The second kappa shape index (κ2) is 6.67. The number of nitrogens with one attached hydrogen (secondary N) is 1. The number of aromatic nitrogens is 4. The summed E-state index contributed by atoms with van der Waals surface area (Å²) >= 11 is 11.8. The lowest BCUT2D eigenvalue weighted by Gasteiger charge is -2.14. The lowest BCUT2D eigenvalue weighted by molar-refractivity contribution is -0.122. The predicted molar refractivity (Wildman–Crippen MR) is 88.7 cm³/mol. The second-order valence-electron chi connectivity index (χ2n) is 5.44. The molecule has 1 amide bonds. The van der Waals surface area contributed by atoms with Gasteiger partial charge in [0.25, 0.3) is 0 Å². The summed E-state index contributed by atoms with van der Waals surface area (Å²) in [5, 5.41) is 10.9. The van der Waals surface area contributed by atoms with Crippen LogP contribution in [-0.2, 0) is 11.3 Å². The Morgan fingerprint density at radius 1 is 1.38 bits per heavy atom. The minimum absolute atomic E-state index is 0.101. The van der Waals surface area contributed by atoms with Crippen LogP contribution in [0.25, 0.3) is 0 Å². The first-order valence-corrected chi connectivity index (χ1v) is 7.98. The van der Waals surface area contributed by atoms with E-state index in [0.29, 0.717) is 15.6 Å². The third kappa shape index (κ3) is 3.45. The lowest BCUT2D eigenvalue weighted by atomic mass is 10.1. The third-order valence-corrected chi connectivity index (χ3v) is 4.34. The van der Waals surface area contributed by atoms with Crippen molar-refractivity contribution in [2.24, 2.45) is 0 Å². The van der Waals surface area contributed by atoms with Crippen molar-refractivity contribution in [2.45, 2.75) is 31.5 Å². The van der Waals surface area contributed by atoms with Crippen LogP contribution in [0.15, 0.2) is 23.0 Å². The highest BCUT2D eigenvalue weighted by Crippen LogP contribution is 2.32. The van der Waals surface area contributed by atoms with E-state index in [1.807, 2.05) is 0 Å². The summed E-state index contributed by atoms with van der Waals surface area (Å²) in [7, 11) is 0. The van der Waals surface area contributed by atoms with Gasteiger partial charge < -0.3 is 5.32 Å². The molecule has 1 atom stereocenters. The highest BCUT2D eigenvalue weighted by Gasteiger charge is 2.28. The fourth-order valence-electron chi connectivity index (χ4n) is 2.19. The van der Waals surface area contributed by atoms with Crippen LogP contribution in [-0.4, -0.2) is 25.7 Å². The molecule has 124 valence electrons. The molecule has 0 unspecified atom stereocenters. The monoisotopic (exact) mass is 365 g/mol. The van der Waals surface area contributed by atoms with Gasteiger partial charge in [-0.2, -0.15) is 9.36 Å². The summed E-state index contributed by atoms with van der Waals surface area (Å²) in [4.78, 5) is 24.2. The molecule has 0 spiro atoms. The highest BCUT2D eigenvalue weighted by atomic mass is 35.5. The highest BCUT2D eigenvalue weighted by molar-refractivity contribution is 6.42. The van der Waals surface area contributed by atoms with Gasteiger partial charge in [0.1, 0.15) is 12.6 Å². The van der Waals surface area contributed by atoms with E-state index < -0.39 is 17.6 Å². The Balaban J connectivity index is 1.69. The number of nitrogens with zero attached hydrogens (tertiary/aromatic N) is 4. The molecule has 1 saturated carbocycles. The van der Waals surface area contributed by atoms with E-state index in [-0.39, 0.29) is 12.6 Å². The minimum Gasteiger partial charge on any atom is -0.337 e. The van der Waals surface area contributed by atoms with Gasteiger partial charge in [-0.15, -0.1) is 6.42 Å². The number of carbonyl (C=O) groups excluding carboxylic acids is 1. The van der Waals surface area contributed by atoms with Crippen LogP contribution in [0.2, 0.25) is 10.0 Å². The maximum absolute atomic E-state index is 12.2. The Morgan fingerprint density at radius 2 is 2.12 bits per heavy atom. The van der Waals surface area contributed by atoms with E-state index in [4.69, 9.17) is 29.6 Å². The summed E-state index contributed by atoms with van der Waals surface area (Å²) < 4.78 is 2.31. The van der Waals surface area contributed by atoms with Gasteiger partial charge in [-0.3, -0.25) is 4.79 Å². The van der Waals surface area contributed by atoms with Crippen LogP contribution in [0, 0.1) is 12.3 Å². The molecule has 1 N–H and O–H groups in total. The average Bonchev–Trinajstić information content (AvgIpc) is 3.33. The maximum atomic E-state index is 12.2. The molecule has 24 heavy (non-hydrogen) atoms. The SMILES string of the molecule is C#C[C@H](NC(=O)Cn1nnn(C2CC2)c1=O)c1ccc(Cl)c(Cl)c1. The predicted octanol–water partition coefficient (Wildman–Crippen LogP) is 1.57. The standard InChI is InChI=1S/C15H13Cl2N5O2/c1-2-13(9-3-6-11(16)12(17)7-9)18-14(23)8-21-15(24)22(20-19-21)10-4-5-10/h1,3,6-7,10,13H,4-5,8H2,(H,18,23)/t13-/m0/s1. The van der Waals surface area contributed by atoms with Crippen molar-refractivity contribution in [1.82, 2.24) is 25.1 Å². The van der Waals surface area contributed by atoms with E-state index in [0.717, 1.165) is 17.5 Å². The van der Waals surface area contributed by atoms with E-state index in [9.17, 15) is 9.59 Å². The minimum atomic E-state index is -0.693. The van der Waals surface area contributed by atoms with Gasteiger partial charge in [0, 0.05) is 0 Å².